The van der Waals surface area contributed by atoms with Crippen LogP contribution in [0, 0.1) is 5.92 Å². The molecule has 5 heterocycles. The summed E-state index contributed by atoms with van der Waals surface area (Å²) < 4.78 is 21.2. The van der Waals surface area contributed by atoms with Crippen LogP contribution in [0.3, 0.4) is 0 Å². The predicted molar refractivity (Wildman–Crippen MR) is 283 cm³/mol. The molecule has 2 aromatic carbocycles. The lowest BCUT2D eigenvalue weighted by molar-refractivity contribution is -0.141. The van der Waals surface area contributed by atoms with Crippen LogP contribution in [-0.2, 0) is 60.8 Å². The molecule has 7 rings (SSSR count). The first kappa shape index (κ1) is 56.5. The molecule has 0 aliphatic carbocycles. The molecular weight excluding hydrogens is 975 g/mol. The number of hydrogen-bond acceptors (Lipinski definition) is 14. The van der Waals surface area contributed by atoms with Gasteiger partial charge in [-0.25, -0.2) is 9.80 Å². The maximum absolute atomic E-state index is 14.3. The first-order valence-electron chi connectivity index (χ1n) is 26.2. The highest BCUT2D eigenvalue weighted by Crippen LogP contribution is 2.34. The molecular formula is C56H69N9O11. The normalized spacial score (nSPS) is 15.5. The summed E-state index contributed by atoms with van der Waals surface area (Å²) in [4.78, 5) is 102. The Morgan fingerprint density at radius 3 is 2.21 bits per heavy atom. The number of aromatic nitrogens is 2. The fourth-order valence-electron chi connectivity index (χ4n) is 9.22. The summed E-state index contributed by atoms with van der Waals surface area (Å²) in [6.45, 7) is 4.65. The number of carbonyl (C=O) groups excluding carboxylic acids is 7. The SMILES string of the molecule is COCCOCCOCCOCCC(=O)NCCCC[C@H](CC(=O)CN1C(=O)C=CC1=O)C(=O)NCCCCCCN1N=C(c2ccc(NC(=O)N3Cc4ccncc4C3)cc2)CC(c2cccc3ncccc23)C1=O. The zero-order valence-corrected chi connectivity index (χ0v) is 43.3. The van der Waals surface area contributed by atoms with Crippen molar-refractivity contribution in [2.24, 2.45) is 11.0 Å². The van der Waals surface area contributed by atoms with Gasteiger partial charge in [0, 0.05) is 107 Å². The zero-order chi connectivity index (χ0) is 53.5. The molecule has 3 aliphatic heterocycles. The van der Waals surface area contributed by atoms with Crippen LogP contribution in [0.25, 0.3) is 10.9 Å². The van der Waals surface area contributed by atoms with E-state index in [9.17, 15) is 33.6 Å². The van der Waals surface area contributed by atoms with Gasteiger partial charge in [0.2, 0.25) is 11.8 Å². The molecule has 2 atom stereocenters. The second-order valence-corrected chi connectivity index (χ2v) is 18.9. The Morgan fingerprint density at radius 2 is 1.45 bits per heavy atom. The Labute approximate surface area is 442 Å². The Hall–Kier alpha value is -7.26. The fourth-order valence-corrected chi connectivity index (χ4v) is 9.22. The van der Waals surface area contributed by atoms with Crippen LogP contribution in [0.2, 0.25) is 0 Å². The molecule has 0 saturated carbocycles. The van der Waals surface area contributed by atoms with Crippen molar-refractivity contribution in [3.05, 3.63) is 114 Å². The van der Waals surface area contributed by atoms with E-state index in [0.717, 1.165) is 68.8 Å². The minimum absolute atomic E-state index is 0.102. The summed E-state index contributed by atoms with van der Waals surface area (Å²) in [5, 5.41) is 16.2. The largest absolute Gasteiger partial charge is 0.382 e. The third-order valence-electron chi connectivity index (χ3n) is 13.4. The minimum Gasteiger partial charge on any atom is -0.382 e. The second kappa shape index (κ2) is 29.7. The number of ether oxygens (including phenoxy) is 4. The van der Waals surface area contributed by atoms with E-state index in [0.29, 0.717) is 117 Å². The predicted octanol–water partition coefficient (Wildman–Crippen LogP) is 5.45. The van der Waals surface area contributed by atoms with Crippen molar-refractivity contribution in [1.82, 2.24) is 35.4 Å². The van der Waals surface area contributed by atoms with E-state index in [4.69, 9.17) is 24.0 Å². The minimum atomic E-state index is -0.694. The number of Topliss-reactive ketones (excluding diaryl/α,β-unsaturated/α-hetero) is 1. The lowest BCUT2D eigenvalue weighted by Gasteiger charge is -2.30. The fraction of sp³-hybridized carbons (Fsp3) is 0.464. The van der Waals surface area contributed by atoms with Crippen LogP contribution >= 0.6 is 0 Å². The maximum atomic E-state index is 14.3. The van der Waals surface area contributed by atoms with E-state index >= 15 is 0 Å². The highest BCUT2D eigenvalue weighted by atomic mass is 16.6. The molecule has 3 N–H and O–H groups in total. The van der Waals surface area contributed by atoms with Gasteiger partial charge in [-0.15, -0.1) is 0 Å². The topological polar surface area (TPSA) is 240 Å². The number of urea groups is 1. The Balaban J connectivity index is 0.864. The summed E-state index contributed by atoms with van der Waals surface area (Å²) in [5.74, 6) is -3.29. The molecule has 20 heteroatoms. The van der Waals surface area contributed by atoms with Crippen LogP contribution in [0.1, 0.15) is 92.4 Å². The first-order chi connectivity index (χ1) is 37.1. The van der Waals surface area contributed by atoms with Crippen LogP contribution in [-0.4, -0.2) is 151 Å². The molecule has 7 amide bonds. The monoisotopic (exact) mass is 1040 g/mol. The third-order valence-corrected chi connectivity index (χ3v) is 13.4. The number of unbranched alkanes of at least 4 members (excludes halogenated alkanes) is 4. The van der Waals surface area contributed by atoms with Crippen molar-refractivity contribution in [1.29, 1.82) is 0 Å². The van der Waals surface area contributed by atoms with Crippen molar-refractivity contribution in [2.45, 2.75) is 83.2 Å². The summed E-state index contributed by atoms with van der Waals surface area (Å²) in [5.41, 5.74) is 6.02. The Morgan fingerprint density at radius 1 is 0.737 bits per heavy atom. The van der Waals surface area contributed by atoms with Gasteiger partial charge in [-0.1, -0.05) is 49.6 Å². The number of ketones is 1. The quantitative estimate of drug-likeness (QED) is 0.0408. The summed E-state index contributed by atoms with van der Waals surface area (Å²) >= 11 is 0. The first-order valence-corrected chi connectivity index (χ1v) is 26.2. The van der Waals surface area contributed by atoms with Gasteiger partial charge < -0.3 is 39.8 Å². The van der Waals surface area contributed by atoms with Crippen molar-refractivity contribution < 1.29 is 52.5 Å². The molecule has 0 bridgehead atoms. The summed E-state index contributed by atoms with van der Waals surface area (Å²) in [6, 6.07) is 18.9. The number of amides is 7. The van der Waals surface area contributed by atoms with Gasteiger partial charge in [0.1, 0.15) is 0 Å². The summed E-state index contributed by atoms with van der Waals surface area (Å²) in [7, 11) is 1.61. The number of pyridine rings is 2. The number of fused-ring (bicyclic) bond motifs is 2. The smallest absolute Gasteiger partial charge is 0.322 e. The molecule has 404 valence electrons. The number of rotatable bonds is 32. The van der Waals surface area contributed by atoms with Crippen molar-refractivity contribution in [2.75, 3.05) is 84.9 Å². The van der Waals surface area contributed by atoms with Gasteiger partial charge in [-0.05, 0) is 78.3 Å². The van der Waals surface area contributed by atoms with Gasteiger partial charge in [-0.2, -0.15) is 5.10 Å². The Kier molecular flexibility index (Phi) is 22.1. The number of imide groups is 1. The average molecular weight is 1040 g/mol. The number of methoxy groups -OCH3 is 1. The van der Waals surface area contributed by atoms with Crippen LogP contribution < -0.4 is 16.0 Å². The van der Waals surface area contributed by atoms with Crippen molar-refractivity contribution in [3.63, 3.8) is 0 Å². The van der Waals surface area contributed by atoms with E-state index in [1.165, 1.54) is 0 Å². The van der Waals surface area contributed by atoms with Gasteiger partial charge in [-0.3, -0.25) is 43.6 Å². The number of benzene rings is 2. The van der Waals surface area contributed by atoms with Gasteiger partial charge >= 0.3 is 6.03 Å². The third kappa shape index (κ3) is 16.9. The molecule has 3 aliphatic rings. The van der Waals surface area contributed by atoms with Crippen LogP contribution in [0.5, 0.6) is 0 Å². The molecule has 2 aromatic heterocycles. The summed E-state index contributed by atoms with van der Waals surface area (Å²) in [6.07, 6.45) is 12.2. The molecule has 0 spiro atoms. The highest BCUT2D eigenvalue weighted by Gasteiger charge is 2.34. The second-order valence-electron chi connectivity index (χ2n) is 18.9. The number of nitrogens with one attached hydrogen (secondary N) is 3. The standard InChI is InChI=1S/C56H69N9O11/c1-73-28-29-75-32-33-76-31-30-74-27-21-51(67)59-22-6-4-10-41(34-45(66)39-64-52(68)18-19-53(64)69)54(70)60-23-5-2-3-7-26-65-55(71)48(46-11-8-13-49-47(46)12-9-24-58-49)35-50(62-65)40-14-16-44(17-15-40)61-56(72)63-37-42-20-25-57-36-43(42)38-63/h8-9,11-20,24-25,36,41,48H,2-7,10,21-23,26-35,37-39H2,1H3,(H,59,67)(H,60,70)(H,61,72)/t41-,48?/m1/s1. The van der Waals surface area contributed by atoms with Crippen LogP contribution in [0.15, 0.2) is 96.5 Å². The van der Waals surface area contributed by atoms with E-state index in [2.05, 4.69) is 25.9 Å². The number of hydrazone groups is 1. The lowest BCUT2D eigenvalue weighted by atomic mass is 9.86. The van der Waals surface area contributed by atoms with Crippen molar-refractivity contribution in [3.8, 4) is 0 Å². The highest BCUT2D eigenvalue weighted by molar-refractivity contribution is 6.14. The van der Waals surface area contributed by atoms with Gasteiger partial charge in [0.05, 0.1) is 69.9 Å². The van der Waals surface area contributed by atoms with E-state index in [1.807, 2.05) is 60.7 Å². The molecule has 20 nitrogen and oxygen atoms in total. The molecule has 1 unspecified atom stereocenters. The van der Waals surface area contributed by atoms with Gasteiger partial charge in [0.15, 0.2) is 5.78 Å². The molecule has 0 fully saturated rings. The van der Waals surface area contributed by atoms with E-state index in [-0.39, 0.29) is 43.2 Å². The molecule has 0 radical (unpaired) electrons. The maximum Gasteiger partial charge on any atom is 0.322 e. The number of carbonyl (C=O) groups is 7. The van der Waals surface area contributed by atoms with Crippen molar-refractivity contribution >= 4 is 63.7 Å². The molecule has 0 saturated heterocycles. The Bertz CT molecular complexity index is 2650. The molecule has 4 aromatic rings. The van der Waals surface area contributed by atoms with Crippen LogP contribution in [0.4, 0.5) is 10.5 Å². The zero-order valence-electron chi connectivity index (χ0n) is 43.3. The lowest BCUT2D eigenvalue weighted by Crippen LogP contribution is -2.38. The number of nitrogens with zero attached hydrogens (tertiary/aromatic N) is 6. The number of hydrogen-bond donors (Lipinski definition) is 3. The van der Waals surface area contributed by atoms with E-state index < -0.39 is 36.0 Å². The van der Waals surface area contributed by atoms with Gasteiger partial charge in [0.25, 0.3) is 17.7 Å². The molecule has 76 heavy (non-hydrogen) atoms. The number of anilines is 1. The van der Waals surface area contributed by atoms with E-state index in [1.54, 1.807) is 35.6 Å². The average Bonchev–Trinajstić information content (AvgIpc) is 4.01.